The predicted octanol–water partition coefficient (Wildman–Crippen LogP) is 2.23. The fourth-order valence-electron chi connectivity index (χ4n) is 1.73. The van der Waals surface area contributed by atoms with Gasteiger partial charge in [-0.15, -0.1) is 0 Å². The maximum absolute atomic E-state index is 12.5. The van der Waals surface area contributed by atoms with E-state index in [0.717, 1.165) is 5.56 Å². The molecule has 0 amide bonds. The lowest BCUT2D eigenvalue weighted by molar-refractivity contribution is 0.0691. The van der Waals surface area contributed by atoms with Crippen molar-refractivity contribution in [1.29, 1.82) is 0 Å². The van der Waals surface area contributed by atoms with Crippen molar-refractivity contribution >= 4 is 15.8 Å². The van der Waals surface area contributed by atoms with Crippen LogP contribution in [0, 0.1) is 13.8 Å². The molecular formula is C14H13NO4S. The number of hydrogen-bond donors (Lipinski definition) is 1. The summed E-state index contributed by atoms with van der Waals surface area (Å²) in [7, 11) is -3.95. The molecule has 0 spiro atoms. The first-order valence-electron chi connectivity index (χ1n) is 5.85. The summed E-state index contributed by atoms with van der Waals surface area (Å²) in [5, 5.41) is 8.68. The largest absolute Gasteiger partial charge is 0.478 e. The van der Waals surface area contributed by atoms with Gasteiger partial charge < -0.3 is 5.11 Å². The molecule has 1 aromatic heterocycles. The van der Waals surface area contributed by atoms with Crippen LogP contribution in [0.25, 0.3) is 0 Å². The number of carbonyl (C=O) groups is 1. The Morgan fingerprint density at radius 3 is 2.20 bits per heavy atom. The number of carboxylic acids is 1. The Morgan fingerprint density at radius 2 is 1.65 bits per heavy atom. The number of aromatic carboxylic acids is 1. The van der Waals surface area contributed by atoms with Gasteiger partial charge in [0.2, 0.25) is 9.84 Å². The van der Waals surface area contributed by atoms with E-state index in [1.807, 2.05) is 6.92 Å². The smallest absolute Gasteiger partial charge is 0.338 e. The average molecular weight is 291 g/mol. The molecule has 1 heterocycles. The van der Waals surface area contributed by atoms with Crippen LogP contribution in [-0.2, 0) is 9.84 Å². The minimum atomic E-state index is -3.95. The Morgan fingerprint density at radius 1 is 1.05 bits per heavy atom. The SMILES string of the molecule is Cc1ccc(S(=O)(=O)c2nc(C)ccc2C(=O)O)cc1. The molecule has 0 unspecified atom stereocenters. The molecule has 0 atom stereocenters. The second-order valence-corrected chi connectivity index (χ2v) is 6.29. The summed E-state index contributed by atoms with van der Waals surface area (Å²) >= 11 is 0. The van der Waals surface area contributed by atoms with Gasteiger partial charge in [-0.2, -0.15) is 0 Å². The van der Waals surface area contributed by atoms with Crippen molar-refractivity contribution in [3.8, 4) is 0 Å². The first-order valence-corrected chi connectivity index (χ1v) is 7.33. The highest BCUT2D eigenvalue weighted by atomic mass is 32.2. The molecule has 0 radical (unpaired) electrons. The van der Waals surface area contributed by atoms with Crippen LogP contribution in [-0.4, -0.2) is 24.5 Å². The summed E-state index contributed by atoms with van der Waals surface area (Å²) in [4.78, 5) is 15.1. The van der Waals surface area contributed by atoms with Crippen LogP contribution in [0.3, 0.4) is 0 Å². The standard InChI is InChI=1S/C14H13NO4S/c1-9-3-6-11(7-4-9)20(18,19)13-12(14(16)17)8-5-10(2)15-13/h3-8H,1-2H3,(H,16,17). The van der Waals surface area contributed by atoms with Crippen LogP contribution in [0.1, 0.15) is 21.6 Å². The second-order valence-electron chi connectivity index (χ2n) is 4.43. The van der Waals surface area contributed by atoms with Crippen LogP contribution in [0.2, 0.25) is 0 Å². The molecule has 0 bridgehead atoms. The van der Waals surface area contributed by atoms with Crippen molar-refractivity contribution < 1.29 is 18.3 Å². The van der Waals surface area contributed by atoms with Crippen LogP contribution in [0.15, 0.2) is 46.3 Å². The molecule has 1 aromatic carbocycles. The van der Waals surface area contributed by atoms with E-state index in [9.17, 15) is 13.2 Å². The van der Waals surface area contributed by atoms with E-state index in [0.29, 0.717) is 5.69 Å². The number of aromatic nitrogens is 1. The van der Waals surface area contributed by atoms with Crippen LogP contribution >= 0.6 is 0 Å². The normalized spacial score (nSPS) is 11.3. The summed E-state index contributed by atoms with van der Waals surface area (Å²) in [5.41, 5.74) is 1.04. The Labute approximate surface area is 116 Å². The molecule has 0 fully saturated rings. The van der Waals surface area contributed by atoms with Gasteiger partial charge in [-0.05, 0) is 38.1 Å². The number of nitrogens with zero attached hydrogens (tertiary/aromatic N) is 1. The molecule has 0 aliphatic rings. The predicted molar refractivity (Wildman–Crippen MR) is 72.6 cm³/mol. The molecule has 6 heteroatoms. The molecule has 0 aliphatic heterocycles. The highest BCUT2D eigenvalue weighted by Crippen LogP contribution is 2.23. The topological polar surface area (TPSA) is 84.3 Å². The third-order valence-corrected chi connectivity index (χ3v) is 4.53. The van der Waals surface area contributed by atoms with Crippen molar-refractivity contribution in [2.24, 2.45) is 0 Å². The van der Waals surface area contributed by atoms with Gasteiger partial charge in [0.1, 0.15) is 0 Å². The van der Waals surface area contributed by atoms with E-state index in [4.69, 9.17) is 5.11 Å². The number of benzene rings is 1. The van der Waals surface area contributed by atoms with Crippen molar-refractivity contribution in [3.05, 3.63) is 53.2 Å². The van der Waals surface area contributed by atoms with Gasteiger partial charge in [0.15, 0.2) is 5.03 Å². The lowest BCUT2D eigenvalue weighted by Crippen LogP contribution is -2.12. The van der Waals surface area contributed by atoms with Crippen molar-refractivity contribution in [3.63, 3.8) is 0 Å². The molecular weight excluding hydrogens is 278 g/mol. The quantitative estimate of drug-likeness (QED) is 0.937. The van der Waals surface area contributed by atoms with Crippen molar-refractivity contribution in [1.82, 2.24) is 4.98 Å². The van der Waals surface area contributed by atoms with Gasteiger partial charge in [0.25, 0.3) is 0 Å². The zero-order valence-corrected chi connectivity index (χ0v) is 11.8. The van der Waals surface area contributed by atoms with E-state index in [-0.39, 0.29) is 10.5 Å². The van der Waals surface area contributed by atoms with E-state index in [1.54, 1.807) is 19.1 Å². The number of aryl methyl sites for hydroxylation is 2. The lowest BCUT2D eigenvalue weighted by atomic mass is 10.2. The molecule has 5 nitrogen and oxygen atoms in total. The van der Waals surface area contributed by atoms with E-state index in [1.165, 1.54) is 24.3 Å². The van der Waals surface area contributed by atoms with Gasteiger partial charge >= 0.3 is 5.97 Å². The number of carboxylic acid groups (broad SMARTS) is 1. The van der Waals surface area contributed by atoms with E-state index in [2.05, 4.69) is 4.98 Å². The lowest BCUT2D eigenvalue weighted by Gasteiger charge is -2.08. The zero-order chi connectivity index (χ0) is 14.9. The fourth-order valence-corrected chi connectivity index (χ4v) is 3.16. The third-order valence-electron chi connectivity index (χ3n) is 2.82. The zero-order valence-electron chi connectivity index (χ0n) is 11.0. The van der Waals surface area contributed by atoms with Crippen LogP contribution in [0.5, 0.6) is 0 Å². The Hall–Kier alpha value is -2.21. The van der Waals surface area contributed by atoms with Crippen LogP contribution < -0.4 is 0 Å². The number of pyridine rings is 1. The number of hydrogen-bond acceptors (Lipinski definition) is 4. The Kier molecular flexibility index (Phi) is 3.59. The number of rotatable bonds is 3. The molecule has 0 aliphatic carbocycles. The molecule has 0 saturated heterocycles. The first-order chi connectivity index (χ1) is 9.32. The maximum Gasteiger partial charge on any atom is 0.338 e. The van der Waals surface area contributed by atoms with Gasteiger partial charge in [0.05, 0.1) is 10.5 Å². The molecule has 20 heavy (non-hydrogen) atoms. The Balaban J connectivity index is 2.68. The van der Waals surface area contributed by atoms with E-state index >= 15 is 0 Å². The summed E-state index contributed by atoms with van der Waals surface area (Å²) in [6.07, 6.45) is 0. The molecule has 1 N–H and O–H groups in total. The summed E-state index contributed by atoms with van der Waals surface area (Å²) < 4.78 is 25.0. The van der Waals surface area contributed by atoms with Crippen molar-refractivity contribution in [2.45, 2.75) is 23.8 Å². The minimum Gasteiger partial charge on any atom is -0.478 e. The van der Waals surface area contributed by atoms with Gasteiger partial charge in [-0.3, -0.25) is 0 Å². The van der Waals surface area contributed by atoms with Crippen LogP contribution in [0.4, 0.5) is 0 Å². The molecule has 0 saturated carbocycles. The molecule has 2 rings (SSSR count). The fraction of sp³-hybridized carbons (Fsp3) is 0.143. The average Bonchev–Trinajstić information content (AvgIpc) is 2.38. The summed E-state index contributed by atoms with van der Waals surface area (Å²) in [6.45, 7) is 3.45. The summed E-state index contributed by atoms with van der Waals surface area (Å²) in [5.74, 6) is -1.32. The summed E-state index contributed by atoms with van der Waals surface area (Å²) in [6, 6.07) is 8.93. The van der Waals surface area contributed by atoms with E-state index < -0.39 is 20.8 Å². The maximum atomic E-state index is 12.5. The Bertz CT molecular complexity index is 764. The highest BCUT2D eigenvalue weighted by molar-refractivity contribution is 7.91. The van der Waals surface area contributed by atoms with Crippen molar-refractivity contribution in [2.75, 3.05) is 0 Å². The third kappa shape index (κ3) is 2.55. The second kappa shape index (κ2) is 5.05. The molecule has 104 valence electrons. The van der Waals surface area contributed by atoms with Gasteiger partial charge in [0, 0.05) is 5.69 Å². The minimum absolute atomic E-state index is 0.0312. The highest BCUT2D eigenvalue weighted by Gasteiger charge is 2.26. The first kappa shape index (κ1) is 14.2. The monoisotopic (exact) mass is 291 g/mol. The molecule has 2 aromatic rings. The number of sulfone groups is 1. The van der Waals surface area contributed by atoms with Gasteiger partial charge in [-0.1, -0.05) is 17.7 Å². The van der Waals surface area contributed by atoms with Gasteiger partial charge in [-0.25, -0.2) is 18.2 Å².